The Kier molecular flexibility index (Phi) is 7.60. The second-order valence-corrected chi connectivity index (χ2v) is 9.68. The van der Waals surface area contributed by atoms with Crippen molar-refractivity contribution in [3.8, 4) is 22.6 Å². The Balaban J connectivity index is 1.25. The lowest BCUT2D eigenvalue weighted by Crippen LogP contribution is -2.59. The number of oxazole rings is 1. The fourth-order valence-electron chi connectivity index (χ4n) is 5.47. The first-order valence-corrected chi connectivity index (χ1v) is 12.9. The molecule has 184 valence electrons. The maximum absolute atomic E-state index is 12.9. The molecule has 2 fully saturated rings. The second kappa shape index (κ2) is 11.2. The largest absolute Gasteiger partial charge is 0.440 e. The van der Waals surface area contributed by atoms with Crippen LogP contribution in [0.1, 0.15) is 44.4 Å². The number of hydrogen-bond acceptors (Lipinski definition) is 5. The first-order valence-electron chi connectivity index (χ1n) is 12.9. The van der Waals surface area contributed by atoms with Gasteiger partial charge in [-0.1, -0.05) is 79.9 Å². The number of rotatable bonds is 8. The minimum Gasteiger partial charge on any atom is -0.440 e. The van der Waals surface area contributed by atoms with E-state index in [2.05, 4.69) is 10.2 Å². The molecule has 0 bridgehead atoms. The number of hydrogen-bond donors (Lipinski definition) is 1. The van der Waals surface area contributed by atoms with Gasteiger partial charge >= 0.3 is 0 Å². The summed E-state index contributed by atoms with van der Waals surface area (Å²) in [6.07, 6.45) is 6.88. The van der Waals surface area contributed by atoms with Crippen LogP contribution in [0.4, 0.5) is 0 Å². The van der Waals surface area contributed by atoms with E-state index in [1.165, 1.54) is 19.3 Å². The van der Waals surface area contributed by atoms with Crippen molar-refractivity contribution in [1.29, 1.82) is 0 Å². The molecule has 1 amide bonds. The lowest BCUT2D eigenvalue weighted by molar-refractivity contribution is -0.122. The summed E-state index contributed by atoms with van der Waals surface area (Å²) in [5, 5.41) is 3.25. The summed E-state index contributed by atoms with van der Waals surface area (Å²) < 4.78 is 11.8. The van der Waals surface area contributed by atoms with Gasteiger partial charge in [-0.15, -0.1) is 0 Å². The summed E-state index contributed by atoms with van der Waals surface area (Å²) in [4.78, 5) is 20.2. The SMILES string of the molecule is O=C(CCc1nc(-c2ccccc2)c(-c2ccccc2)o1)NCC1(N2CCOCC2)CCCCC1. The predicted octanol–water partition coefficient (Wildman–Crippen LogP) is 5.09. The van der Waals surface area contributed by atoms with E-state index in [0.717, 1.165) is 61.7 Å². The van der Waals surface area contributed by atoms with Crippen LogP contribution < -0.4 is 5.32 Å². The van der Waals surface area contributed by atoms with Crippen molar-refractivity contribution >= 4 is 5.91 Å². The average molecular weight is 474 g/mol. The highest BCUT2D eigenvalue weighted by molar-refractivity contribution is 5.78. The van der Waals surface area contributed by atoms with Gasteiger partial charge < -0.3 is 14.5 Å². The van der Waals surface area contributed by atoms with Gasteiger partial charge in [0.15, 0.2) is 11.7 Å². The third-order valence-electron chi connectivity index (χ3n) is 7.40. The molecule has 0 unspecified atom stereocenters. The van der Waals surface area contributed by atoms with Crippen LogP contribution in [0.3, 0.4) is 0 Å². The summed E-state index contributed by atoms with van der Waals surface area (Å²) in [6, 6.07) is 20.1. The molecule has 1 saturated carbocycles. The molecule has 0 spiro atoms. The Labute approximate surface area is 207 Å². The number of benzene rings is 2. The standard InChI is InChI=1S/C29H35N3O3/c33-25(30-22-29(16-8-3-9-17-29)32-18-20-34-21-19-32)14-15-26-31-27(23-10-4-1-5-11-23)28(35-26)24-12-6-2-7-13-24/h1-2,4-7,10-13H,3,8-9,14-22H2,(H,30,33). The molecule has 0 radical (unpaired) electrons. The molecule has 6 nitrogen and oxygen atoms in total. The first kappa shape index (κ1) is 23.8. The summed E-state index contributed by atoms with van der Waals surface area (Å²) in [5.41, 5.74) is 2.89. The molecule has 1 aliphatic carbocycles. The Morgan fingerprint density at radius 1 is 0.914 bits per heavy atom. The highest BCUT2D eigenvalue weighted by atomic mass is 16.5. The van der Waals surface area contributed by atoms with Crippen LogP contribution in [-0.4, -0.2) is 54.2 Å². The van der Waals surface area contributed by atoms with Gasteiger partial charge in [0, 0.05) is 49.1 Å². The van der Waals surface area contributed by atoms with Crippen LogP contribution in [0.15, 0.2) is 65.1 Å². The average Bonchev–Trinajstić information content (AvgIpc) is 3.37. The van der Waals surface area contributed by atoms with E-state index in [0.29, 0.717) is 25.3 Å². The van der Waals surface area contributed by atoms with Gasteiger partial charge in [-0.05, 0) is 12.8 Å². The van der Waals surface area contributed by atoms with Crippen molar-refractivity contribution in [2.75, 3.05) is 32.8 Å². The van der Waals surface area contributed by atoms with E-state index >= 15 is 0 Å². The maximum Gasteiger partial charge on any atom is 0.220 e. The number of ether oxygens (including phenoxy) is 1. The van der Waals surface area contributed by atoms with Gasteiger partial charge in [0.2, 0.25) is 5.91 Å². The van der Waals surface area contributed by atoms with Gasteiger partial charge in [0.05, 0.1) is 13.2 Å². The van der Waals surface area contributed by atoms with Crippen molar-refractivity contribution < 1.29 is 13.9 Å². The third kappa shape index (κ3) is 5.65. The van der Waals surface area contributed by atoms with E-state index in [9.17, 15) is 4.79 Å². The number of aromatic nitrogens is 1. The molecule has 3 aromatic rings. The summed E-state index contributed by atoms with van der Waals surface area (Å²) in [6.45, 7) is 4.19. The highest BCUT2D eigenvalue weighted by Crippen LogP contribution is 2.34. The van der Waals surface area contributed by atoms with Gasteiger partial charge in [-0.2, -0.15) is 0 Å². The number of aryl methyl sites for hydroxylation is 1. The van der Waals surface area contributed by atoms with Crippen LogP contribution in [0.25, 0.3) is 22.6 Å². The lowest BCUT2D eigenvalue weighted by Gasteiger charge is -2.48. The zero-order valence-corrected chi connectivity index (χ0v) is 20.4. The molecule has 2 heterocycles. The minimum absolute atomic E-state index is 0.0592. The van der Waals surface area contributed by atoms with Gasteiger partial charge in [0.1, 0.15) is 5.69 Å². The fourth-order valence-corrected chi connectivity index (χ4v) is 5.47. The zero-order valence-electron chi connectivity index (χ0n) is 20.4. The maximum atomic E-state index is 12.9. The smallest absolute Gasteiger partial charge is 0.220 e. The van der Waals surface area contributed by atoms with Gasteiger partial charge in [0.25, 0.3) is 0 Å². The van der Waals surface area contributed by atoms with Crippen LogP contribution in [0.5, 0.6) is 0 Å². The normalized spacial score (nSPS) is 18.3. The molecule has 1 saturated heterocycles. The van der Waals surface area contributed by atoms with E-state index in [1.807, 2.05) is 60.7 Å². The van der Waals surface area contributed by atoms with Crippen LogP contribution in [-0.2, 0) is 16.0 Å². The number of carbonyl (C=O) groups excluding carboxylic acids is 1. The molecule has 35 heavy (non-hydrogen) atoms. The Morgan fingerprint density at radius 2 is 1.57 bits per heavy atom. The highest BCUT2D eigenvalue weighted by Gasteiger charge is 2.38. The number of carbonyl (C=O) groups is 1. The molecule has 5 rings (SSSR count). The van der Waals surface area contributed by atoms with Crippen molar-refractivity contribution in [3.63, 3.8) is 0 Å². The molecule has 2 aliphatic rings. The van der Waals surface area contributed by atoms with E-state index < -0.39 is 0 Å². The van der Waals surface area contributed by atoms with E-state index in [1.54, 1.807) is 0 Å². The Morgan fingerprint density at radius 3 is 2.26 bits per heavy atom. The van der Waals surface area contributed by atoms with Crippen molar-refractivity contribution in [2.45, 2.75) is 50.5 Å². The molecule has 1 aromatic heterocycles. The number of nitrogens with zero attached hydrogens (tertiary/aromatic N) is 2. The van der Waals surface area contributed by atoms with Crippen LogP contribution >= 0.6 is 0 Å². The fraction of sp³-hybridized carbons (Fsp3) is 0.448. The number of amides is 1. The van der Waals surface area contributed by atoms with E-state index in [-0.39, 0.29) is 11.4 Å². The molecule has 2 aromatic carbocycles. The summed E-state index contributed by atoms with van der Waals surface area (Å²) >= 11 is 0. The molecule has 0 atom stereocenters. The summed E-state index contributed by atoms with van der Waals surface area (Å²) in [7, 11) is 0. The quantitative estimate of drug-likeness (QED) is 0.493. The molecular formula is C29H35N3O3. The van der Waals surface area contributed by atoms with Crippen LogP contribution in [0.2, 0.25) is 0 Å². The first-order chi connectivity index (χ1) is 17.2. The predicted molar refractivity (Wildman–Crippen MR) is 137 cm³/mol. The molecule has 1 aliphatic heterocycles. The van der Waals surface area contributed by atoms with E-state index in [4.69, 9.17) is 14.1 Å². The zero-order chi connectivity index (χ0) is 23.9. The second-order valence-electron chi connectivity index (χ2n) is 9.68. The van der Waals surface area contributed by atoms with Crippen molar-refractivity contribution in [1.82, 2.24) is 15.2 Å². The molecular weight excluding hydrogens is 438 g/mol. The minimum atomic E-state index is 0.0592. The van der Waals surface area contributed by atoms with Gasteiger partial charge in [-0.3, -0.25) is 9.69 Å². The summed E-state index contributed by atoms with van der Waals surface area (Å²) in [5.74, 6) is 1.41. The Hall–Kier alpha value is -2.96. The topological polar surface area (TPSA) is 67.6 Å². The number of nitrogens with one attached hydrogen (secondary N) is 1. The number of morpholine rings is 1. The molecule has 6 heteroatoms. The molecule has 1 N–H and O–H groups in total. The lowest BCUT2D eigenvalue weighted by atomic mass is 9.79. The van der Waals surface area contributed by atoms with Gasteiger partial charge in [-0.25, -0.2) is 4.98 Å². The Bertz CT molecular complexity index is 1030. The monoisotopic (exact) mass is 473 g/mol. The van der Waals surface area contributed by atoms with Crippen LogP contribution in [0, 0.1) is 0 Å². The third-order valence-corrected chi connectivity index (χ3v) is 7.40. The van der Waals surface area contributed by atoms with Crippen molar-refractivity contribution in [3.05, 3.63) is 66.6 Å². The van der Waals surface area contributed by atoms with Crippen molar-refractivity contribution in [2.24, 2.45) is 0 Å².